The standard InChI is InChI=1S/C14H8F4O2/c15-7-1-3-9(11(17)5-7)13(19)14(20)10-4-2-8(16)6-12(10)18/h1-6,13,19H/t13-/m1/s1. The fourth-order valence-corrected chi connectivity index (χ4v) is 1.70. The quantitative estimate of drug-likeness (QED) is 0.694. The van der Waals surface area contributed by atoms with E-state index in [-0.39, 0.29) is 0 Å². The number of ketones is 1. The molecule has 0 aromatic heterocycles. The zero-order chi connectivity index (χ0) is 14.9. The molecule has 1 atom stereocenters. The van der Waals surface area contributed by atoms with E-state index in [1.807, 2.05) is 0 Å². The first-order valence-corrected chi connectivity index (χ1v) is 5.52. The monoisotopic (exact) mass is 284 g/mol. The van der Waals surface area contributed by atoms with Crippen LogP contribution in [-0.2, 0) is 0 Å². The smallest absolute Gasteiger partial charge is 0.198 e. The van der Waals surface area contributed by atoms with Gasteiger partial charge in [-0.1, -0.05) is 6.07 Å². The predicted molar refractivity (Wildman–Crippen MR) is 62.0 cm³/mol. The molecule has 1 N–H and O–H groups in total. The Morgan fingerprint density at radius 3 is 2.00 bits per heavy atom. The van der Waals surface area contributed by atoms with Crippen LogP contribution in [0.5, 0.6) is 0 Å². The Labute approximate surface area is 111 Å². The first-order valence-electron chi connectivity index (χ1n) is 5.52. The summed E-state index contributed by atoms with van der Waals surface area (Å²) in [6.45, 7) is 0. The number of benzene rings is 2. The summed E-state index contributed by atoms with van der Waals surface area (Å²) >= 11 is 0. The summed E-state index contributed by atoms with van der Waals surface area (Å²) in [4.78, 5) is 11.8. The van der Waals surface area contributed by atoms with Crippen molar-refractivity contribution in [3.63, 3.8) is 0 Å². The van der Waals surface area contributed by atoms with Crippen molar-refractivity contribution in [3.05, 3.63) is 70.8 Å². The van der Waals surface area contributed by atoms with E-state index in [1.165, 1.54) is 0 Å². The second-order valence-corrected chi connectivity index (χ2v) is 4.06. The molecule has 0 amide bonds. The van der Waals surface area contributed by atoms with Crippen LogP contribution in [0.1, 0.15) is 22.0 Å². The molecular formula is C14H8F4O2. The van der Waals surface area contributed by atoms with E-state index in [4.69, 9.17) is 0 Å². The van der Waals surface area contributed by atoms with Gasteiger partial charge in [0.25, 0.3) is 0 Å². The van der Waals surface area contributed by atoms with E-state index in [9.17, 15) is 27.5 Å². The maximum Gasteiger partial charge on any atom is 0.198 e. The highest BCUT2D eigenvalue weighted by molar-refractivity contribution is 6.00. The third kappa shape index (κ3) is 2.70. The van der Waals surface area contributed by atoms with Crippen LogP contribution in [-0.4, -0.2) is 10.9 Å². The van der Waals surface area contributed by atoms with Crippen molar-refractivity contribution in [2.75, 3.05) is 0 Å². The summed E-state index contributed by atoms with van der Waals surface area (Å²) in [5.41, 5.74) is -1.07. The molecule has 20 heavy (non-hydrogen) atoms. The molecule has 0 aliphatic carbocycles. The van der Waals surface area contributed by atoms with Crippen molar-refractivity contribution >= 4 is 5.78 Å². The number of hydrogen-bond acceptors (Lipinski definition) is 2. The molecule has 0 radical (unpaired) electrons. The largest absolute Gasteiger partial charge is 0.380 e. The van der Waals surface area contributed by atoms with Crippen molar-refractivity contribution in [2.24, 2.45) is 0 Å². The third-order valence-corrected chi connectivity index (χ3v) is 2.70. The average molecular weight is 284 g/mol. The maximum absolute atomic E-state index is 13.4. The van der Waals surface area contributed by atoms with Gasteiger partial charge in [-0.2, -0.15) is 0 Å². The number of rotatable bonds is 3. The van der Waals surface area contributed by atoms with Gasteiger partial charge in [-0.05, 0) is 18.2 Å². The van der Waals surface area contributed by atoms with Gasteiger partial charge in [0.05, 0.1) is 5.56 Å². The molecule has 0 aliphatic heterocycles. The molecule has 0 saturated carbocycles. The average Bonchev–Trinajstić information content (AvgIpc) is 2.37. The molecule has 6 heteroatoms. The van der Waals surface area contributed by atoms with Gasteiger partial charge in [-0.3, -0.25) is 4.79 Å². The zero-order valence-electron chi connectivity index (χ0n) is 9.91. The maximum atomic E-state index is 13.4. The molecule has 0 saturated heterocycles. The minimum absolute atomic E-state index is 0.473. The van der Waals surface area contributed by atoms with E-state index in [0.29, 0.717) is 12.1 Å². The first-order chi connectivity index (χ1) is 9.40. The predicted octanol–water partition coefficient (Wildman–Crippen LogP) is 3.16. The van der Waals surface area contributed by atoms with Crippen molar-refractivity contribution in [3.8, 4) is 0 Å². The van der Waals surface area contributed by atoms with Crippen LogP contribution in [0.4, 0.5) is 17.6 Å². The second-order valence-electron chi connectivity index (χ2n) is 4.06. The topological polar surface area (TPSA) is 37.3 Å². The first kappa shape index (κ1) is 14.2. The van der Waals surface area contributed by atoms with Gasteiger partial charge >= 0.3 is 0 Å². The Morgan fingerprint density at radius 1 is 0.900 bits per heavy atom. The van der Waals surface area contributed by atoms with Gasteiger partial charge in [0, 0.05) is 17.7 Å². The number of aliphatic hydroxyl groups is 1. The van der Waals surface area contributed by atoms with E-state index >= 15 is 0 Å². The minimum Gasteiger partial charge on any atom is -0.380 e. The highest BCUT2D eigenvalue weighted by atomic mass is 19.1. The molecular weight excluding hydrogens is 276 g/mol. The Morgan fingerprint density at radius 2 is 1.45 bits per heavy atom. The summed E-state index contributed by atoms with van der Waals surface area (Å²) < 4.78 is 52.3. The lowest BCUT2D eigenvalue weighted by molar-refractivity contribution is 0.0735. The summed E-state index contributed by atoms with van der Waals surface area (Å²) in [5.74, 6) is -5.21. The summed E-state index contributed by atoms with van der Waals surface area (Å²) in [6, 6.07) is 4.39. The van der Waals surface area contributed by atoms with Crippen LogP contribution in [0.15, 0.2) is 36.4 Å². The Balaban J connectivity index is 2.37. The Bertz CT molecular complexity index is 670. The lowest BCUT2D eigenvalue weighted by atomic mass is 9.99. The van der Waals surface area contributed by atoms with Crippen molar-refractivity contribution in [1.82, 2.24) is 0 Å². The van der Waals surface area contributed by atoms with Gasteiger partial charge in [-0.15, -0.1) is 0 Å². The molecule has 0 unspecified atom stereocenters. The Kier molecular flexibility index (Phi) is 3.85. The van der Waals surface area contributed by atoms with Crippen LogP contribution in [0.25, 0.3) is 0 Å². The normalized spacial score (nSPS) is 12.2. The molecule has 0 aliphatic rings. The second kappa shape index (κ2) is 5.42. The third-order valence-electron chi connectivity index (χ3n) is 2.70. The summed E-state index contributed by atoms with van der Waals surface area (Å²) in [7, 11) is 0. The molecule has 0 fully saturated rings. The number of carbonyl (C=O) groups excluding carboxylic acids is 1. The van der Waals surface area contributed by atoms with Gasteiger partial charge in [0.2, 0.25) is 0 Å². The highest BCUT2D eigenvalue weighted by Crippen LogP contribution is 2.23. The van der Waals surface area contributed by atoms with E-state index < -0.39 is 46.3 Å². The van der Waals surface area contributed by atoms with Crippen molar-refractivity contribution < 1.29 is 27.5 Å². The summed E-state index contributed by atoms with van der Waals surface area (Å²) in [6.07, 6.45) is -2.00. The van der Waals surface area contributed by atoms with Crippen LogP contribution < -0.4 is 0 Å². The molecule has 0 spiro atoms. The van der Waals surface area contributed by atoms with Crippen LogP contribution in [0, 0.1) is 23.3 Å². The van der Waals surface area contributed by atoms with Gasteiger partial charge in [-0.25, -0.2) is 17.6 Å². The molecule has 2 aromatic rings. The van der Waals surface area contributed by atoms with E-state index in [0.717, 1.165) is 24.3 Å². The number of halogens is 4. The molecule has 2 rings (SSSR count). The number of hydrogen-bond donors (Lipinski definition) is 1. The molecule has 104 valence electrons. The lowest BCUT2D eigenvalue weighted by Crippen LogP contribution is -2.15. The van der Waals surface area contributed by atoms with Gasteiger partial charge in [0.1, 0.15) is 29.4 Å². The Hall–Kier alpha value is -2.21. The minimum atomic E-state index is -2.00. The van der Waals surface area contributed by atoms with Crippen LogP contribution in [0.2, 0.25) is 0 Å². The fraction of sp³-hybridized carbons (Fsp3) is 0.0714. The number of aliphatic hydroxyl groups excluding tert-OH is 1. The SMILES string of the molecule is O=C(c1ccc(F)cc1F)[C@H](O)c1ccc(F)cc1F. The number of carbonyl (C=O) groups is 1. The molecule has 2 nitrogen and oxygen atoms in total. The van der Waals surface area contributed by atoms with Crippen LogP contribution >= 0.6 is 0 Å². The van der Waals surface area contributed by atoms with Crippen molar-refractivity contribution in [2.45, 2.75) is 6.10 Å². The van der Waals surface area contributed by atoms with E-state index in [2.05, 4.69) is 0 Å². The fourth-order valence-electron chi connectivity index (χ4n) is 1.70. The van der Waals surface area contributed by atoms with Gasteiger partial charge in [0.15, 0.2) is 5.78 Å². The zero-order valence-corrected chi connectivity index (χ0v) is 9.91. The van der Waals surface area contributed by atoms with Gasteiger partial charge < -0.3 is 5.11 Å². The molecule has 0 heterocycles. The lowest BCUT2D eigenvalue weighted by Gasteiger charge is -2.11. The van der Waals surface area contributed by atoms with E-state index in [1.54, 1.807) is 0 Å². The molecule has 0 bridgehead atoms. The van der Waals surface area contributed by atoms with Crippen molar-refractivity contribution in [1.29, 1.82) is 0 Å². The summed E-state index contributed by atoms with van der Waals surface area (Å²) in [5, 5.41) is 9.74. The highest BCUT2D eigenvalue weighted by Gasteiger charge is 2.25. The number of Topliss-reactive ketones (excluding diaryl/α,β-unsaturated/α-hetero) is 1. The van der Waals surface area contributed by atoms with Crippen LogP contribution in [0.3, 0.4) is 0 Å². The molecule has 2 aromatic carbocycles.